The van der Waals surface area contributed by atoms with Gasteiger partial charge in [0.15, 0.2) is 0 Å². The van der Waals surface area contributed by atoms with E-state index < -0.39 is 0 Å². The van der Waals surface area contributed by atoms with Crippen molar-refractivity contribution >= 4 is 11.6 Å². The van der Waals surface area contributed by atoms with Crippen molar-refractivity contribution in [2.24, 2.45) is 0 Å². The van der Waals surface area contributed by atoms with Crippen molar-refractivity contribution in [2.45, 2.75) is 6.42 Å². The summed E-state index contributed by atoms with van der Waals surface area (Å²) in [6, 6.07) is 0. The highest BCUT2D eigenvalue weighted by molar-refractivity contribution is 6.17. The van der Waals surface area contributed by atoms with Crippen LogP contribution >= 0.6 is 11.6 Å². The summed E-state index contributed by atoms with van der Waals surface area (Å²) in [7, 11) is 3.75. The maximum atomic E-state index is 7.98. The van der Waals surface area contributed by atoms with Crippen molar-refractivity contribution < 1.29 is 5.11 Å². The smallest absolute Gasteiger partial charge is 0.0442 e. The monoisotopic (exact) mass is 139 g/mol. The molecule has 0 fully saturated rings. The topological polar surface area (TPSA) is 32.3 Å². The molecule has 0 spiro atoms. The van der Waals surface area contributed by atoms with E-state index in [1.54, 1.807) is 0 Å². The second-order valence-corrected chi connectivity index (χ2v) is 1.64. The van der Waals surface area contributed by atoms with Gasteiger partial charge in [0.25, 0.3) is 0 Å². The molecule has 0 aliphatic carbocycles. The Hall–Kier alpha value is 0.210. The Morgan fingerprint density at radius 1 is 1.50 bits per heavy atom. The van der Waals surface area contributed by atoms with E-state index in [4.69, 9.17) is 16.7 Å². The molecule has 0 aromatic rings. The van der Waals surface area contributed by atoms with Crippen molar-refractivity contribution in [3.63, 3.8) is 0 Å². The predicted molar refractivity (Wildman–Crippen MR) is 37.4 cm³/mol. The Bertz CT molecular complexity index is 26.4. The van der Waals surface area contributed by atoms with Gasteiger partial charge in [0, 0.05) is 12.5 Å². The van der Waals surface area contributed by atoms with Gasteiger partial charge in [0.2, 0.25) is 0 Å². The molecule has 0 rings (SSSR count). The zero-order chi connectivity index (χ0) is 6.83. The molecule has 0 amide bonds. The minimum absolute atomic E-state index is 0.212. The van der Waals surface area contributed by atoms with Crippen molar-refractivity contribution in [1.29, 1.82) is 0 Å². The van der Waals surface area contributed by atoms with Crippen LogP contribution in [0.4, 0.5) is 0 Å². The van der Waals surface area contributed by atoms with Crippen LogP contribution < -0.4 is 5.32 Å². The molecule has 2 nitrogen and oxygen atoms in total. The molecule has 0 aromatic carbocycles. The normalized spacial score (nSPS) is 7.50. The van der Waals surface area contributed by atoms with Crippen LogP contribution in [-0.2, 0) is 0 Å². The number of nitrogens with one attached hydrogen (secondary N) is 1. The van der Waals surface area contributed by atoms with Gasteiger partial charge in [-0.1, -0.05) is 0 Å². The Balaban J connectivity index is 0. The van der Waals surface area contributed by atoms with Gasteiger partial charge in [-0.15, -0.1) is 11.6 Å². The summed E-state index contributed by atoms with van der Waals surface area (Å²) < 4.78 is 0. The largest absolute Gasteiger partial charge is 0.396 e. The van der Waals surface area contributed by atoms with Gasteiger partial charge < -0.3 is 10.4 Å². The second kappa shape index (κ2) is 15.7. The Labute approximate surface area is 55.9 Å². The average molecular weight is 140 g/mol. The fourth-order valence-electron chi connectivity index (χ4n) is 0.0598. The third-order valence-electron chi connectivity index (χ3n) is 0.292. The fraction of sp³-hybridized carbons (Fsp3) is 1.00. The van der Waals surface area contributed by atoms with Gasteiger partial charge >= 0.3 is 0 Å². The molecule has 3 heteroatoms. The zero-order valence-electron chi connectivity index (χ0n) is 5.45. The molecule has 0 saturated heterocycles. The highest BCUT2D eigenvalue weighted by atomic mass is 35.5. The summed E-state index contributed by atoms with van der Waals surface area (Å²) in [6.45, 7) is 0.212. The van der Waals surface area contributed by atoms with Crippen LogP contribution in [0, 0.1) is 0 Å². The lowest BCUT2D eigenvalue weighted by molar-refractivity contribution is 0.296. The van der Waals surface area contributed by atoms with Crippen molar-refractivity contribution in [1.82, 2.24) is 5.32 Å². The van der Waals surface area contributed by atoms with E-state index in [0.717, 1.165) is 0 Å². The van der Waals surface area contributed by atoms with E-state index in [1.165, 1.54) is 0 Å². The molecule has 0 atom stereocenters. The van der Waals surface area contributed by atoms with E-state index in [-0.39, 0.29) is 6.61 Å². The van der Waals surface area contributed by atoms with E-state index in [0.29, 0.717) is 12.3 Å². The lowest BCUT2D eigenvalue weighted by Crippen LogP contribution is -1.89. The van der Waals surface area contributed by atoms with Crippen LogP contribution in [0.3, 0.4) is 0 Å². The van der Waals surface area contributed by atoms with Gasteiger partial charge in [-0.05, 0) is 20.5 Å². The lowest BCUT2D eigenvalue weighted by Gasteiger charge is -1.77. The maximum absolute atomic E-state index is 7.98. The SMILES string of the molecule is CNC.OCCCCl. The summed E-state index contributed by atoms with van der Waals surface area (Å²) in [5.74, 6) is 0.566. The molecule has 0 saturated carbocycles. The number of aliphatic hydroxyl groups excluding tert-OH is 1. The third kappa shape index (κ3) is 34.5. The highest BCUT2D eigenvalue weighted by Gasteiger charge is 1.71. The molecule has 0 heterocycles. The lowest BCUT2D eigenvalue weighted by atomic mass is 10.5. The molecule has 52 valence electrons. The van der Waals surface area contributed by atoms with Gasteiger partial charge in [0.1, 0.15) is 0 Å². The van der Waals surface area contributed by atoms with E-state index in [1.807, 2.05) is 14.1 Å². The zero-order valence-corrected chi connectivity index (χ0v) is 6.20. The maximum Gasteiger partial charge on any atom is 0.0442 e. The summed E-state index contributed by atoms with van der Waals surface area (Å²) in [4.78, 5) is 0. The second-order valence-electron chi connectivity index (χ2n) is 1.27. The summed E-state index contributed by atoms with van der Waals surface area (Å²) >= 11 is 5.14. The number of alkyl halides is 1. The molecule has 0 aromatic heterocycles. The summed E-state index contributed by atoms with van der Waals surface area (Å²) in [6.07, 6.45) is 0.710. The van der Waals surface area contributed by atoms with Crippen LogP contribution in [0.15, 0.2) is 0 Å². The first-order valence-corrected chi connectivity index (χ1v) is 3.12. The van der Waals surface area contributed by atoms with Crippen LogP contribution in [0.5, 0.6) is 0 Å². The molecule has 2 N–H and O–H groups in total. The highest BCUT2D eigenvalue weighted by Crippen LogP contribution is 1.77. The molecular formula is C5H14ClNO. The summed E-state index contributed by atoms with van der Waals surface area (Å²) in [5, 5.41) is 10.7. The van der Waals surface area contributed by atoms with E-state index in [9.17, 15) is 0 Å². The first-order valence-electron chi connectivity index (χ1n) is 2.58. The van der Waals surface area contributed by atoms with Crippen LogP contribution in [0.1, 0.15) is 6.42 Å². The van der Waals surface area contributed by atoms with Gasteiger partial charge in [-0.25, -0.2) is 0 Å². The number of rotatable bonds is 2. The van der Waals surface area contributed by atoms with Crippen molar-refractivity contribution in [2.75, 3.05) is 26.6 Å². The number of aliphatic hydroxyl groups is 1. The quantitative estimate of drug-likeness (QED) is 0.545. The first-order chi connectivity index (χ1) is 3.83. The molecule has 0 aliphatic heterocycles. The fourth-order valence-corrected chi connectivity index (χ4v) is 0.179. The average Bonchev–Trinajstić information content (AvgIpc) is 1.71. The Morgan fingerprint density at radius 2 is 1.88 bits per heavy atom. The predicted octanol–water partition coefficient (Wildman–Crippen LogP) is 0.443. The van der Waals surface area contributed by atoms with Gasteiger partial charge in [0.05, 0.1) is 0 Å². The minimum Gasteiger partial charge on any atom is -0.396 e. The van der Waals surface area contributed by atoms with Gasteiger partial charge in [-0.2, -0.15) is 0 Å². The van der Waals surface area contributed by atoms with Crippen LogP contribution in [0.25, 0.3) is 0 Å². The number of halogens is 1. The minimum atomic E-state index is 0.212. The van der Waals surface area contributed by atoms with Crippen LogP contribution in [-0.4, -0.2) is 31.7 Å². The molecule has 0 unspecified atom stereocenters. The van der Waals surface area contributed by atoms with E-state index in [2.05, 4.69) is 5.32 Å². The van der Waals surface area contributed by atoms with Crippen molar-refractivity contribution in [3.8, 4) is 0 Å². The van der Waals surface area contributed by atoms with Crippen molar-refractivity contribution in [3.05, 3.63) is 0 Å². The third-order valence-corrected chi connectivity index (χ3v) is 0.559. The number of hydrogen-bond donors (Lipinski definition) is 2. The molecular weight excluding hydrogens is 126 g/mol. The van der Waals surface area contributed by atoms with E-state index >= 15 is 0 Å². The Morgan fingerprint density at radius 3 is 1.88 bits per heavy atom. The van der Waals surface area contributed by atoms with Gasteiger partial charge in [-0.3, -0.25) is 0 Å². The molecule has 8 heavy (non-hydrogen) atoms. The summed E-state index contributed by atoms with van der Waals surface area (Å²) in [5.41, 5.74) is 0. The molecule has 0 bridgehead atoms. The molecule has 0 aliphatic rings. The molecule has 0 radical (unpaired) electrons. The number of hydrogen-bond acceptors (Lipinski definition) is 2. The van der Waals surface area contributed by atoms with Crippen LogP contribution in [0.2, 0.25) is 0 Å². The first kappa shape index (κ1) is 11.1. The standard InChI is InChI=1S/C3H7ClO.C2H7N/c4-2-1-3-5;1-3-2/h5H,1-3H2;3H,1-2H3. The Kier molecular flexibility index (Phi) is 21.7.